The van der Waals surface area contributed by atoms with Crippen molar-refractivity contribution in [1.82, 2.24) is 4.98 Å². The van der Waals surface area contributed by atoms with Crippen LogP contribution in [0.25, 0.3) is 6.08 Å². The number of ketones is 1. The highest BCUT2D eigenvalue weighted by Crippen LogP contribution is 2.28. The maximum atomic E-state index is 11.8. The van der Waals surface area contributed by atoms with E-state index in [0.29, 0.717) is 5.56 Å². The molecule has 3 heteroatoms. The largest absolute Gasteiger partial charge is 0.388 e. The Morgan fingerprint density at radius 1 is 1.24 bits per heavy atom. The predicted molar refractivity (Wildman–Crippen MR) is 82.2 cm³/mol. The summed E-state index contributed by atoms with van der Waals surface area (Å²) in [5.74, 6) is -0.237. The van der Waals surface area contributed by atoms with Crippen molar-refractivity contribution < 1.29 is 9.90 Å². The second-order valence-corrected chi connectivity index (χ2v) is 5.45. The van der Waals surface area contributed by atoms with Crippen LogP contribution in [0.15, 0.2) is 42.1 Å². The average Bonchev–Trinajstić information content (AvgIpc) is 2.91. The van der Waals surface area contributed by atoms with E-state index in [1.807, 2.05) is 0 Å². The first-order valence-corrected chi connectivity index (χ1v) is 7.04. The molecule has 2 aromatic rings. The lowest BCUT2D eigenvalue weighted by molar-refractivity contribution is 0.0903. The number of hydrogen-bond donors (Lipinski definition) is 1. The number of rotatable bonds is 4. The van der Waals surface area contributed by atoms with Crippen molar-refractivity contribution in [2.75, 3.05) is 6.61 Å². The fourth-order valence-corrected chi connectivity index (χ4v) is 2.72. The summed E-state index contributed by atoms with van der Waals surface area (Å²) >= 11 is 0. The summed E-state index contributed by atoms with van der Waals surface area (Å²) in [6.45, 7) is 1.62. The Labute approximate surface area is 124 Å². The fourth-order valence-electron chi connectivity index (χ4n) is 2.72. The number of aryl methyl sites for hydroxylation is 1. The molecule has 0 aliphatic heterocycles. The van der Waals surface area contributed by atoms with Gasteiger partial charge in [-0.2, -0.15) is 0 Å². The summed E-state index contributed by atoms with van der Waals surface area (Å²) in [4.78, 5) is 16.1. The average molecular weight is 279 g/mol. The number of aliphatic hydroxyl groups excluding tert-OH is 1. The van der Waals surface area contributed by atoms with Gasteiger partial charge in [-0.05, 0) is 43.0 Å². The number of Topliss-reactive ketones (excluding diaryl/α,β-unsaturated/α-hetero) is 1. The predicted octanol–water partition coefficient (Wildman–Crippen LogP) is 2.75. The molecule has 0 unspecified atom stereocenters. The molecule has 0 spiro atoms. The first kappa shape index (κ1) is 13.7. The number of pyridine rings is 1. The quantitative estimate of drug-likeness (QED) is 0.875. The number of benzene rings is 1. The Balaban J connectivity index is 1.83. The summed E-state index contributed by atoms with van der Waals surface area (Å²) < 4.78 is 0. The van der Waals surface area contributed by atoms with Gasteiger partial charge in [0.25, 0.3) is 0 Å². The maximum absolute atomic E-state index is 11.8. The molecule has 1 aromatic heterocycles. The van der Waals surface area contributed by atoms with E-state index in [2.05, 4.69) is 42.2 Å². The summed E-state index contributed by atoms with van der Waals surface area (Å²) in [7, 11) is 0. The molecular formula is C18H17NO2. The molecule has 3 nitrogen and oxygen atoms in total. The third-order valence-electron chi connectivity index (χ3n) is 3.83. The molecule has 106 valence electrons. The van der Waals surface area contributed by atoms with Crippen molar-refractivity contribution in [2.45, 2.75) is 19.8 Å². The van der Waals surface area contributed by atoms with Gasteiger partial charge in [-0.25, -0.2) is 0 Å². The zero-order chi connectivity index (χ0) is 14.8. The lowest BCUT2D eigenvalue weighted by Gasteiger charge is -2.06. The fraction of sp³-hybridized carbons (Fsp3) is 0.222. The first-order valence-electron chi connectivity index (χ1n) is 7.04. The number of fused-ring (bicyclic) bond motifs is 1. The van der Waals surface area contributed by atoms with E-state index in [1.165, 1.54) is 16.7 Å². The van der Waals surface area contributed by atoms with E-state index in [0.717, 1.165) is 24.1 Å². The molecule has 1 aliphatic rings. The number of hydrogen-bond acceptors (Lipinski definition) is 3. The molecular weight excluding hydrogens is 262 g/mol. The Bertz CT molecular complexity index is 714. The summed E-state index contributed by atoms with van der Waals surface area (Å²) in [6, 6.07) is 10.2. The molecule has 0 bridgehead atoms. The van der Waals surface area contributed by atoms with E-state index < -0.39 is 6.61 Å². The van der Waals surface area contributed by atoms with Crippen molar-refractivity contribution in [3.63, 3.8) is 0 Å². The molecule has 0 radical (unpaired) electrons. The summed E-state index contributed by atoms with van der Waals surface area (Å²) in [6.07, 6.45) is 5.29. The zero-order valence-corrected chi connectivity index (χ0v) is 12.0. The Kier molecular flexibility index (Phi) is 3.67. The van der Waals surface area contributed by atoms with Gasteiger partial charge in [-0.15, -0.1) is 0 Å². The Morgan fingerprint density at radius 2 is 2.00 bits per heavy atom. The van der Waals surface area contributed by atoms with Crippen LogP contribution < -0.4 is 0 Å². The van der Waals surface area contributed by atoms with Crippen molar-refractivity contribution in [2.24, 2.45) is 0 Å². The molecule has 3 rings (SSSR count). The van der Waals surface area contributed by atoms with Crippen molar-refractivity contribution in [1.29, 1.82) is 0 Å². The Morgan fingerprint density at radius 3 is 2.71 bits per heavy atom. The van der Waals surface area contributed by atoms with Crippen LogP contribution >= 0.6 is 0 Å². The number of aromatic nitrogens is 1. The molecule has 0 amide bonds. The van der Waals surface area contributed by atoms with E-state index in [9.17, 15) is 4.79 Å². The highest BCUT2D eigenvalue weighted by atomic mass is 16.3. The molecule has 0 atom stereocenters. The van der Waals surface area contributed by atoms with Crippen molar-refractivity contribution in [3.05, 3.63) is 70.0 Å². The number of nitrogens with zero attached hydrogens (tertiary/aromatic N) is 1. The smallest absolute Gasteiger partial charge is 0.188 e. The van der Waals surface area contributed by atoms with Gasteiger partial charge in [-0.3, -0.25) is 9.78 Å². The highest BCUT2D eigenvalue weighted by Gasteiger charge is 2.20. The Hall–Kier alpha value is -2.26. The molecule has 1 heterocycles. The number of carbonyl (C=O) groups excluding carboxylic acids is 1. The van der Waals surface area contributed by atoms with Crippen LogP contribution in [0, 0.1) is 6.92 Å². The van der Waals surface area contributed by atoms with Gasteiger partial charge in [0.05, 0.1) is 5.69 Å². The SMILES string of the molecule is Cc1ccc(CC2=Cc3nccc(C(=O)CO)c3C2)cc1. The first-order chi connectivity index (χ1) is 10.2. The lowest BCUT2D eigenvalue weighted by atomic mass is 9.99. The van der Waals surface area contributed by atoms with Gasteiger partial charge in [-0.1, -0.05) is 35.4 Å². The molecule has 1 aliphatic carbocycles. The second-order valence-electron chi connectivity index (χ2n) is 5.45. The van der Waals surface area contributed by atoms with Crippen LogP contribution in [0.3, 0.4) is 0 Å². The minimum absolute atomic E-state index is 0.237. The van der Waals surface area contributed by atoms with Gasteiger partial charge in [0.1, 0.15) is 6.61 Å². The van der Waals surface area contributed by atoms with E-state index >= 15 is 0 Å². The minimum atomic E-state index is -0.455. The summed E-state index contributed by atoms with van der Waals surface area (Å²) in [5.41, 5.74) is 6.15. The maximum Gasteiger partial charge on any atom is 0.188 e. The topological polar surface area (TPSA) is 50.2 Å². The van der Waals surface area contributed by atoms with Gasteiger partial charge < -0.3 is 5.11 Å². The molecule has 0 saturated heterocycles. The number of aliphatic hydroxyl groups is 1. The molecule has 21 heavy (non-hydrogen) atoms. The van der Waals surface area contributed by atoms with Crippen LogP contribution in [-0.2, 0) is 12.8 Å². The van der Waals surface area contributed by atoms with Crippen LogP contribution in [0.4, 0.5) is 0 Å². The standard InChI is InChI=1S/C18H17NO2/c1-12-2-4-13(5-3-12)8-14-9-16-15(18(21)11-20)6-7-19-17(16)10-14/h2-7,10,20H,8-9,11H2,1H3. The van der Waals surface area contributed by atoms with Crippen molar-refractivity contribution in [3.8, 4) is 0 Å². The van der Waals surface area contributed by atoms with Crippen molar-refractivity contribution >= 4 is 11.9 Å². The van der Waals surface area contributed by atoms with E-state index in [-0.39, 0.29) is 5.78 Å². The third kappa shape index (κ3) is 2.78. The third-order valence-corrected chi connectivity index (χ3v) is 3.83. The zero-order valence-electron chi connectivity index (χ0n) is 12.0. The monoisotopic (exact) mass is 279 g/mol. The van der Waals surface area contributed by atoms with Gasteiger partial charge in [0.2, 0.25) is 0 Å². The lowest BCUT2D eigenvalue weighted by Crippen LogP contribution is -2.09. The van der Waals surface area contributed by atoms with Crippen LogP contribution in [-0.4, -0.2) is 22.5 Å². The van der Waals surface area contributed by atoms with Gasteiger partial charge in [0.15, 0.2) is 5.78 Å². The second kappa shape index (κ2) is 5.62. The van der Waals surface area contributed by atoms with Crippen LogP contribution in [0.5, 0.6) is 0 Å². The van der Waals surface area contributed by atoms with E-state index in [4.69, 9.17) is 5.11 Å². The van der Waals surface area contributed by atoms with Crippen LogP contribution in [0.1, 0.15) is 32.7 Å². The normalized spacial score (nSPS) is 13.0. The minimum Gasteiger partial charge on any atom is -0.388 e. The van der Waals surface area contributed by atoms with E-state index in [1.54, 1.807) is 12.3 Å². The summed E-state index contributed by atoms with van der Waals surface area (Å²) in [5, 5.41) is 9.06. The van der Waals surface area contributed by atoms with Gasteiger partial charge in [0, 0.05) is 11.8 Å². The molecule has 1 N–H and O–H groups in total. The number of allylic oxidation sites excluding steroid dienone is 1. The number of carbonyl (C=O) groups is 1. The molecule has 1 aromatic carbocycles. The van der Waals surface area contributed by atoms with Crippen LogP contribution in [0.2, 0.25) is 0 Å². The molecule has 0 saturated carbocycles. The van der Waals surface area contributed by atoms with Gasteiger partial charge >= 0.3 is 0 Å². The highest BCUT2D eigenvalue weighted by molar-refractivity contribution is 5.99. The molecule has 0 fully saturated rings.